The number of nitrogens with two attached hydrogens (primary N) is 1. The molecule has 0 atom stereocenters. The Hall–Kier alpha value is -0.610. The highest BCUT2D eigenvalue weighted by atomic mass is 16.5. The Bertz CT molecular complexity index is 177. The van der Waals surface area contributed by atoms with E-state index in [1.165, 1.54) is 0 Å². The van der Waals surface area contributed by atoms with Gasteiger partial charge in [-0.3, -0.25) is 4.79 Å². The van der Waals surface area contributed by atoms with Crippen LogP contribution < -0.4 is 5.73 Å². The first kappa shape index (κ1) is 11.5. The summed E-state index contributed by atoms with van der Waals surface area (Å²) in [7, 11) is 1.73. The number of methoxy groups -OCH3 is 1. The number of rotatable bonds is 4. The molecule has 1 fully saturated rings. The third kappa shape index (κ3) is 3.27. The highest BCUT2D eigenvalue weighted by Gasteiger charge is 2.21. The van der Waals surface area contributed by atoms with E-state index in [-0.39, 0.29) is 12.5 Å². The van der Waals surface area contributed by atoms with Crippen LogP contribution in [0.15, 0.2) is 0 Å². The molecule has 0 spiro atoms. The highest BCUT2D eigenvalue weighted by molar-refractivity contribution is 5.78. The van der Waals surface area contributed by atoms with Crippen molar-refractivity contribution in [1.82, 2.24) is 4.90 Å². The summed E-state index contributed by atoms with van der Waals surface area (Å²) in [6, 6.07) is 0. The molecule has 0 radical (unpaired) electrons. The molecule has 0 aromatic heterocycles. The number of ether oxygens (including phenoxy) is 1. The maximum absolute atomic E-state index is 11.3. The van der Waals surface area contributed by atoms with Crippen molar-refractivity contribution in [2.45, 2.75) is 19.3 Å². The molecule has 82 valence electrons. The van der Waals surface area contributed by atoms with E-state index in [4.69, 9.17) is 10.5 Å². The SMILES string of the molecule is COCCC1CCN(C(=O)CN)CC1. The number of piperidine rings is 1. The van der Waals surface area contributed by atoms with Crippen LogP contribution in [0, 0.1) is 5.92 Å². The van der Waals surface area contributed by atoms with Gasteiger partial charge in [0.2, 0.25) is 5.91 Å². The Morgan fingerprint density at radius 2 is 2.14 bits per heavy atom. The lowest BCUT2D eigenvalue weighted by atomic mass is 9.94. The van der Waals surface area contributed by atoms with Crippen molar-refractivity contribution in [2.75, 3.05) is 33.4 Å². The second kappa shape index (κ2) is 5.98. The monoisotopic (exact) mass is 200 g/mol. The van der Waals surface area contributed by atoms with Gasteiger partial charge in [0.25, 0.3) is 0 Å². The lowest BCUT2D eigenvalue weighted by Crippen LogP contribution is -2.41. The number of hydrogen-bond donors (Lipinski definition) is 1. The molecule has 1 aliphatic heterocycles. The molecule has 4 nitrogen and oxygen atoms in total. The Kier molecular flexibility index (Phi) is 4.90. The minimum atomic E-state index is 0.0789. The van der Waals surface area contributed by atoms with Gasteiger partial charge in [-0.05, 0) is 25.2 Å². The van der Waals surface area contributed by atoms with Crippen LogP contribution in [0.5, 0.6) is 0 Å². The van der Waals surface area contributed by atoms with Crippen LogP contribution in [-0.2, 0) is 9.53 Å². The van der Waals surface area contributed by atoms with Gasteiger partial charge in [0.05, 0.1) is 6.54 Å². The van der Waals surface area contributed by atoms with Crippen LogP contribution in [0.1, 0.15) is 19.3 Å². The quantitative estimate of drug-likeness (QED) is 0.706. The number of carbonyl (C=O) groups excluding carboxylic acids is 1. The maximum atomic E-state index is 11.3. The Balaban J connectivity index is 2.20. The fourth-order valence-electron chi connectivity index (χ4n) is 1.88. The standard InChI is InChI=1S/C10H20N2O2/c1-14-7-4-9-2-5-12(6-3-9)10(13)8-11/h9H,2-8,11H2,1H3. The average molecular weight is 200 g/mol. The normalized spacial score (nSPS) is 18.6. The largest absolute Gasteiger partial charge is 0.385 e. The van der Waals surface area contributed by atoms with Gasteiger partial charge in [-0.25, -0.2) is 0 Å². The second-order valence-corrected chi connectivity index (χ2v) is 3.81. The van der Waals surface area contributed by atoms with E-state index >= 15 is 0 Å². The zero-order chi connectivity index (χ0) is 10.4. The Morgan fingerprint density at radius 3 is 2.64 bits per heavy atom. The summed E-state index contributed by atoms with van der Waals surface area (Å²) in [6.07, 6.45) is 3.30. The Morgan fingerprint density at radius 1 is 1.50 bits per heavy atom. The van der Waals surface area contributed by atoms with Crippen LogP contribution in [0.25, 0.3) is 0 Å². The van der Waals surface area contributed by atoms with Crippen LogP contribution >= 0.6 is 0 Å². The minimum Gasteiger partial charge on any atom is -0.385 e. The van der Waals surface area contributed by atoms with Crippen LogP contribution in [0.4, 0.5) is 0 Å². The van der Waals surface area contributed by atoms with Gasteiger partial charge in [-0.15, -0.1) is 0 Å². The molecular formula is C10H20N2O2. The fourth-order valence-corrected chi connectivity index (χ4v) is 1.88. The van der Waals surface area contributed by atoms with E-state index in [1.54, 1.807) is 7.11 Å². The summed E-state index contributed by atoms with van der Waals surface area (Å²) in [5.74, 6) is 0.798. The molecule has 4 heteroatoms. The molecule has 14 heavy (non-hydrogen) atoms. The maximum Gasteiger partial charge on any atom is 0.236 e. The third-order valence-corrected chi connectivity index (χ3v) is 2.87. The number of carbonyl (C=O) groups is 1. The van der Waals surface area contributed by atoms with Gasteiger partial charge in [0.15, 0.2) is 0 Å². The molecule has 0 saturated carbocycles. The van der Waals surface area contributed by atoms with Crippen molar-refractivity contribution in [3.63, 3.8) is 0 Å². The summed E-state index contributed by atoms with van der Waals surface area (Å²) in [6.45, 7) is 2.70. The van der Waals surface area contributed by atoms with Crippen molar-refractivity contribution in [1.29, 1.82) is 0 Å². The molecule has 1 saturated heterocycles. The molecule has 1 aliphatic rings. The van der Waals surface area contributed by atoms with Crippen molar-refractivity contribution in [3.8, 4) is 0 Å². The van der Waals surface area contributed by atoms with Gasteiger partial charge in [-0.2, -0.15) is 0 Å². The van der Waals surface area contributed by atoms with Crippen LogP contribution in [0.2, 0.25) is 0 Å². The lowest BCUT2D eigenvalue weighted by molar-refractivity contribution is -0.131. The lowest BCUT2D eigenvalue weighted by Gasteiger charge is -2.31. The van der Waals surface area contributed by atoms with E-state index in [0.29, 0.717) is 0 Å². The number of nitrogens with zero attached hydrogens (tertiary/aromatic N) is 1. The summed E-state index contributed by atoms with van der Waals surface area (Å²) in [5.41, 5.74) is 5.31. The zero-order valence-electron chi connectivity index (χ0n) is 8.87. The molecule has 0 aliphatic carbocycles. The van der Waals surface area contributed by atoms with Gasteiger partial charge in [-0.1, -0.05) is 0 Å². The van der Waals surface area contributed by atoms with Crippen molar-refractivity contribution in [3.05, 3.63) is 0 Å². The Labute approximate surface area is 85.4 Å². The number of hydrogen-bond acceptors (Lipinski definition) is 3. The molecular weight excluding hydrogens is 180 g/mol. The second-order valence-electron chi connectivity index (χ2n) is 3.81. The molecule has 0 bridgehead atoms. The average Bonchev–Trinajstić information content (AvgIpc) is 2.26. The van der Waals surface area contributed by atoms with Crippen molar-refractivity contribution in [2.24, 2.45) is 11.7 Å². The molecule has 1 heterocycles. The van der Waals surface area contributed by atoms with Gasteiger partial charge in [0.1, 0.15) is 0 Å². The predicted octanol–water partition coefficient (Wildman–Crippen LogP) is 0.220. The predicted molar refractivity (Wildman–Crippen MR) is 54.9 cm³/mol. The first-order valence-corrected chi connectivity index (χ1v) is 5.24. The van der Waals surface area contributed by atoms with E-state index in [9.17, 15) is 4.79 Å². The third-order valence-electron chi connectivity index (χ3n) is 2.87. The first-order chi connectivity index (χ1) is 6.77. The van der Waals surface area contributed by atoms with Gasteiger partial charge >= 0.3 is 0 Å². The zero-order valence-corrected chi connectivity index (χ0v) is 8.87. The highest BCUT2D eigenvalue weighted by Crippen LogP contribution is 2.20. The minimum absolute atomic E-state index is 0.0789. The molecule has 2 N–H and O–H groups in total. The molecule has 0 aromatic rings. The summed E-state index contributed by atoms with van der Waals surface area (Å²) < 4.78 is 5.04. The molecule has 1 amide bonds. The summed E-state index contributed by atoms with van der Waals surface area (Å²) >= 11 is 0. The van der Waals surface area contributed by atoms with Gasteiger partial charge < -0.3 is 15.4 Å². The summed E-state index contributed by atoms with van der Waals surface area (Å²) in [5, 5.41) is 0. The van der Waals surface area contributed by atoms with E-state index in [1.807, 2.05) is 4.90 Å². The smallest absolute Gasteiger partial charge is 0.236 e. The number of amides is 1. The van der Waals surface area contributed by atoms with E-state index < -0.39 is 0 Å². The summed E-state index contributed by atoms with van der Waals surface area (Å²) in [4.78, 5) is 13.1. The molecule has 1 rings (SSSR count). The van der Waals surface area contributed by atoms with Gasteiger partial charge in [0, 0.05) is 26.8 Å². The van der Waals surface area contributed by atoms with Crippen molar-refractivity contribution < 1.29 is 9.53 Å². The van der Waals surface area contributed by atoms with E-state index in [0.717, 1.165) is 44.9 Å². The molecule has 0 unspecified atom stereocenters. The van der Waals surface area contributed by atoms with Crippen LogP contribution in [0.3, 0.4) is 0 Å². The van der Waals surface area contributed by atoms with Crippen molar-refractivity contribution >= 4 is 5.91 Å². The first-order valence-electron chi connectivity index (χ1n) is 5.24. The topological polar surface area (TPSA) is 55.6 Å². The van der Waals surface area contributed by atoms with E-state index in [2.05, 4.69) is 0 Å². The van der Waals surface area contributed by atoms with Crippen LogP contribution in [-0.4, -0.2) is 44.2 Å². The fraction of sp³-hybridized carbons (Fsp3) is 0.900. The number of likely N-dealkylation sites (tertiary alicyclic amines) is 1. The molecule has 0 aromatic carbocycles.